The minimum atomic E-state index is -0.0113. The van der Waals surface area contributed by atoms with E-state index >= 15 is 0 Å². The fourth-order valence-corrected chi connectivity index (χ4v) is 9.05. The van der Waals surface area contributed by atoms with Gasteiger partial charge in [0.05, 0.1) is 0 Å². The Morgan fingerprint density at radius 1 is 0.509 bits per heavy atom. The van der Waals surface area contributed by atoms with Crippen molar-refractivity contribution in [2.75, 3.05) is 0 Å². The van der Waals surface area contributed by atoms with Gasteiger partial charge >= 0.3 is 0 Å². The lowest BCUT2D eigenvalue weighted by Crippen LogP contribution is -2.57. The Morgan fingerprint density at radius 3 is 1.91 bits per heavy atom. The van der Waals surface area contributed by atoms with Crippen molar-refractivity contribution in [3.63, 3.8) is 0 Å². The molecule has 0 atom stereocenters. The molecule has 0 saturated heterocycles. The van der Waals surface area contributed by atoms with Crippen LogP contribution < -0.4 is 25.9 Å². The molecule has 2 aliphatic rings. The number of furan rings is 1. The zero-order chi connectivity index (χ0) is 36.6. The van der Waals surface area contributed by atoms with Crippen LogP contribution in [-0.2, 0) is 0 Å². The van der Waals surface area contributed by atoms with Gasteiger partial charge in [0, 0.05) is 21.8 Å². The van der Waals surface area contributed by atoms with Crippen molar-refractivity contribution in [3.8, 4) is 56.4 Å². The van der Waals surface area contributed by atoms with Crippen LogP contribution in [-0.4, -0.2) is 6.71 Å². The Balaban J connectivity index is 1.18. The summed E-state index contributed by atoms with van der Waals surface area (Å²) < 4.78 is 19.8. The average Bonchev–Trinajstić information content (AvgIpc) is 3.61. The summed E-state index contributed by atoms with van der Waals surface area (Å²) in [5.74, 6) is 3.42. The molecule has 0 radical (unpaired) electrons. The Bertz CT molecular complexity index is 3080. The molecule has 3 heterocycles. The minimum absolute atomic E-state index is 0.0113. The Labute approximate surface area is 319 Å². The van der Waals surface area contributed by atoms with Gasteiger partial charge in [0.2, 0.25) is 0 Å². The van der Waals surface area contributed by atoms with Crippen molar-refractivity contribution in [1.29, 1.82) is 0 Å². The van der Waals surface area contributed by atoms with Crippen molar-refractivity contribution in [3.05, 3.63) is 175 Å². The molecule has 2 aliphatic heterocycles. The highest BCUT2D eigenvalue weighted by Crippen LogP contribution is 2.49. The van der Waals surface area contributed by atoms with E-state index < -0.39 is 0 Å². The molecule has 0 aliphatic carbocycles. The molecule has 8 aromatic carbocycles. The van der Waals surface area contributed by atoms with Crippen LogP contribution in [0.4, 0.5) is 0 Å². The predicted molar refractivity (Wildman–Crippen MR) is 230 cm³/mol. The van der Waals surface area contributed by atoms with Crippen LogP contribution in [0.25, 0.3) is 78.2 Å². The standard InChI is InChI=1S/C51H33BO3/c1-3-15-35-32(4-2)48(31-26-28-44-40(30-31)34-17-9-12-23-43(34)53-44)37-19-7-8-20-38(37)49(35)36-18-6-5-16-33(36)39-27-29-47-50-51(39)55-46-25-14-11-22-42(46)52(50)41-21-10-13-24-45(41)54-47/h3-30H,2H2,1H3/b15-3-. The van der Waals surface area contributed by atoms with Gasteiger partial charge in [0.15, 0.2) is 0 Å². The summed E-state index contributed by atoms with van der Waals surface area (Å²) in [6.07, 6.45) is 6.38. The second kappa shape index (κ2) is 12.3. The van der Waals surface area contributed by atoms with Crippen LogP contribution in [0.2, 0.25) is 0 Å². The summed E-state index contributed by atoms with van der Waals surface area (Å²) in [6.45, 7) is 6.50. The fourth-order valence-electron chi connectivity index (χ4n) is 9.05. The first-order valence-electron chi connectivity index (χ1n) is 18.8. The van der Waals surface area contributed by atoms with Gasteiger partial charge in [0.1, 0.15) is 34.2 Å². The highest BCUT2D eigenvalue weighted by molar-refractivity contribution is 6.98. The zero-order valence-corrected chi connectivity index (χ0v) is 30.2. The topological polar surface area (TPSA) is 31.6 Å². The number of hydrogen-bond donors (Lipinski definition) is 0. The summed E-state index contributed by atoms with van der Waals surface area (Å²) in [4.78, 5) is 0. The smallest absolute Gasteiger partial charge is 0.260 e. The van der Waals surface area contributed by atoms with Crippen molar-refractivity contribution in [2.24, 2.45) is 0 Å². The van der Waals surface area contributed by atoms with E-state index in [-0.39, 0.29) is 6.71 Å². The van der Waals surface area contributed by atoms with E-state index in [2.05, 4.69) is 153 Å². The third-order valence-corrected chi connectivity index (χ3v) is 11.3. The molecule has 0 saturated carbocycles. The number of para-hydroxylation sites is 3. The molecular weight excluding hydrogens is 671 g/mol. The molecule has 0 bridgehead atoms. The quantitative estimate of drug-likeness (QED) is 0.167. The molecule has 4 heteroatoms. The summed E-state index contributed by atoms with van der Waals surface area (Å²) in [7, 11) is 0. The molecular formula is C51H33BO3. The van der Waals surface area contributed by atoms with Gasteiger partial charge in [-0.2, -0.15) is 0 Å². The summed E-state index contributed by atoms with van der Waals surface area (Å²) in [6, 6.07) is 53.3. The number of ether oxygens (including phenoxy) is 2. The summed E-state index contributed by atoms with van der Waals surface area (Å²) >= 11 is 0. The van der Waals surface area contributed by atoms with E-state index in [4.69, 9.17) is 13.9 Å². The first-order chi connectivity index (χ1) is 27.2. The zero-order valence-electron chi connectivity index (χ0n) is 30.2. The van der Waals surface area contributed by atoms with Crippen LogP contribution in [0.1, 0.15) is 18.1 Å². The van der Waals surface area contributed by atoms with Gasteiger partial charge in [-0.3, -0.25) is 0 Å². The third kappa shape index (κ3) is 4.65. The molecule has 0 N–H and O–H groups in total. The number of benzene rings is 8. The maximum atomic E-state index is 6.94. The van der Waals surface area contributed by atoms with Crippen LogP contribution >= 0.6 is 0 Å². The molecule has 11 rings (SSSR count). The van der Waals surface area contributed by atoms with Crippen molar-refractivity contribution in [1.82, 2.24) is 0 Å². The van der Waals surface area contributed by atoms with Crippen LogP contribution in [0.5, 0.6) is 23.0 Å². The first kappa shape index (κ1) is 31.5. The van der Waals surface area contributed by atoms with Crippen LogP contribution in [0.3, 0.4) is 0 Å². The third-order valence-electron chi connectivity index (χ3n) is 11.3. The van der Waals surface area contributed by atoms with E-state index in [0.29, 0.717) is 0 Å². The van der Waals surface area contributed by atoms with Crippen molar-refractivity contribution < 1.29 is 13.9 Å². The molecule has 0 amide bonds. The van der Waals surface area contributed by atoms with E-state index in [1.165, 1.54) is 0 Å². The fraction of sp³-hybridized carbons (Fsp3) is 0.0196. The molecule has 9 aromatic rings. The SMILES string of the molecule is C=Cc1c(/C=C\C)c(-c2ccccc2-c2ccc3c4c2Oc2ccccc2B4c2ccccc2O3)c2ccccc2c1-c1ccc2oc3ccccc3c2c1. The summed E-state index contributed by atoms with van der Waals surface area (Å²) in [5, 5.41) is 4.53. The van der Waals surface area contributed by atoms with Crippen LogP contribution in [0.15, 0.2) is 169 Å². The molecule has 55 heavy (non-hydrogen) atoms. The maximum Gasteiger partial charge on any atom is 0.260 e. The van der Waals surface area contributed by atoms with Crippen molar-refractivity contribution >= 4 is 68.0 Å². The monoisotopic (exact) mass is 704 g/mol. The molecule has 0 fully saturated rings. The maximum absolute atomic E-state index is 6.94. The summed E-state index contributed by atoms with van der Waals surface area (Å²) in [5.41, 5.74) is 14.0. The molecule has 0 spiro atoms. The van der Waals surface area contributed by atoms with E-state index in [0.717, 1.165) is 117 Å². The van der Waals surface area contributed by atoms with Gasteiger partial charge in [0.25, 0.3) is 6.71 Å². The normalized spacial score (nSPS) is 12.7. The Hall–Kier alpha value is -7.04. The van der Waals surface area contributed by atoms with Gasteiger partial charge in [-0.25, -0.2) is 0 Å². The lowest BCUT2D eigenvalue weighted by molar-refractivity contribution is 0.465. The number of fused-ring (bicyclic) bond motifs is 8. The molecule has 258 valence electrons. The highest BCUT2D eigenvalue weighted by atomic mass is 16.5. The Kier molecular flexibility index (Phi) is 7.02. The largest absolute Gasteiger partial charge is 0.458 e. The van der Waals surface area contributed by atoms with Gasteiger partial charge in [-0.15, -0.1) is 0 Å². The minimum Gasteiger partial charge on any atom is -0.458 e. The van der Waals surface area contributed by atoms with E-state index in [9.17, 15) is 0 Å². The second-order valence-corrected chi connectivity index (χ2v) is 14.2. The van der Waals surface area contributed by atoms with Crippen molar-refractivity contribution in [2.45, 2.75) is 6.92 Å². The predicted octanol–water partition coefficient (Wildman–Crippen LogP) is 12.1. The average molecular weight is 705 g/mol. The number of hydrogen-bond acceptors (Lipinski definition) is 3. The van der Waals surface area contributed by atoms with Gasteiger partial charge in [-0.05, 0) is 110 Å². The van der Waals surface area contributed by atoms with Crippen LogP contribution in [0, 0.1) is 0 Å². The second-order valence-electron chi connectivity index (χ2n) is 14.2. The van der Waals surface area contributed by atoms with Gasteiger partial charge < -0.3 is 13.9 Å². The van der Waals surface area contributed by atoms with E-state index in [1.807, 2.05) is 30.3 Å². The number of allylic oxidation sites excluding steroid dienone is 1. The highest BCUT2D eigenvalue weighted by Gasteiger charge is 2.41. The number of rotatable bonds is 5. The first-order valence-corrected chi connectivity index (χ1v) is 18.8. The molecule has 0 unspecified atom stereocenters. The van der Waals surface area contributed by atoms with E-state index in [1.54, 1.807) is 0 Å². The molecule has 1 aromatic heterocycles. The lowest BCUT2D eigenvalue weighted by atomic mass is 9.34. The Morgan fingerprint density at radius 2 is 1.15 bits per heavy atom. The molecule has 3 nitrogen and oxygen atoms in total. The van der Waals surface area contributed by atoms with Gasteiger partial charge in [-0.1, -0.05) is 134 Å². The lowest BCUT2D eigenvalue weighted by Gasteiger charge is -2.34.